The molecular weight excluding hydrogens is 258 g/mol. The van der Waals surface area contributed by atoms with Crippen LogP contribution in [0.1, 0.15) is 12.8 Å². The van der Waals surface area contributed by atoms with Crippen LogP contribution in [-0.2, 0) is 6.42 Å². The molecule has 0 radical (unpaired) electrons. The van der Waals surface area contributed by atoms with E-state index < -0.39 is 0 Å². The molecule has 0 fully saturated rings. The van der Waals surface area contributed by atoms with Gasteiger partial charge in [0.25, 0.3) is 0 Å². The molecule has 0 saturated carbocycles. The lowest BCUT2D eigenvalue weighted by molar-refractivity contribution is 0.379. The van der Waals surface area contributed by atoms with Crippen LogP contribution in [0.2, 0.25) is 5.28 Å². The minimum atomic E-state index is 0.140. The Bertz CT molecular complexity index is 490. The predicted octanol–water partition coefficient (Wildman–Crippen LogP) is 0.994. The van der Waals surface area contributed by atoms with Gasteiger partial charge in [-0.15, -0.1) is 0 Å². The number of rotatable bonds is 6. The smallest absolute Gasteiger partial charge is 0.228 e. The third kappa shape index (κ3) is 3.52. The van der Waals surface area contributed by atoms with Gasteiger partial charge in [-0.05, 0) is 18.5 Å². The van der Waals surface area contributed by atoms with Crippen LogP contribution in [0.3, 0.4) is 0 Å². The maximum Gasteiger partial charge on any atom is 0.228 e. The van der Waals surface area contributed by atoms with Crippen molar-refractivity contribution >= 4 is 23.5 Å². The molecule has 2 N–H and O–H groups in total. The first-order valence-corrected chi connectivity index (χ1v) is 5.80. The highest BCUT2D eigenvalue weighted by atomic mass is 35.5. The van der Waals surface area contributed by atoms with Crippen LogP contribution >= 0.6 is 11.6 Å². The summed E-state index contributed by atoms with van der Waals surface area (Å²) < 4.78 is 4.86. The fourth-order valence-corrected chi connectivity index (χ4v) is 1.41. The highest BCUT2D eigenvalue weighted by Crippen LogP contribution is 2.09. The first-order valence-electron chi connectivity index (χ1n) is 5.43. The van der Waals surface area contributed by atoms with Crippen LogP contribution in [0.4, 0.5) is 11.9 Å². The van der Waals surface area contributed by atoms with E-state index in [2.05, 4.69) is 35.7 Å². The maximum absolute atomic E-state index is 5.78. The Balaban J connectivity index is 1.92. The normalized spacial score (nSPS) is 10.3. The van der Waals surface area contributed by atoms with Crippen molar-refractivity contribution in [2.75, 3.05) is 23.7 Å². The van der Waals surface area contributed by atoms with Crippen molar-refractivity contribution in [3.05, 3.63) is 17.5 Å². The van der Waals surface area contributed by atoms with Crippen molar-refractivity contribution in [2.45, 2.75) is 13.3 Å². The molecule has 2 heterocycles. The summed E-state index contributed by atoms with van der Waals surface area (Å²) in [5.74, 6) is 1.40. The average molecular weight is 270 g/mol. The maximum atomic E-state index is 5.78. The van der Waals surface area contributed by atoms with Crippen molar-refractivity contribution in [3.8, 4) is 0 Å². The van der Waals surface area contributed by atoms with E-state index in [4.69, 9.17) is 16.1 Å². The average Bonchev–Trinajstić information content (AvgIpc) is 2.82. The lowest BCUT2D eigenvalue weighted by Gasteiger charge is -2.06. The molecule has 2 aromatic heterocycles. The van der Waals surface area contributed by atoms with E-state index in [9.17, 15) is 0 Å². The molecule has 2 rings (SSSR count). The second-order valence-electron chi connectivity index (χ2n) is 3.29. The van der Waals surface area contributed by atoms with E-state index >= 15 is 0 Å². The van der Waals surface area contributed by atoms with E-state index in [0.29, 0.717) is 37.3 Å². The van der Waals surface area contributed by atoms with Gasteiger partial charge < -0.3 is 15.2 Å². The zero-order valence-corrected chi connectivity index (χ0v) is 10.5. The molecule has 0 aromatic carbocycles. The van der Waals surface area contributed by atoms with Crippen molar-refractivity contribution in [3.63, 3.8) is 0 Å². The molecule has 0 aliphatic carbocycles. The summed E-state index contributed by atoms with van der Waals surface area (Å²) >= 11 is 5.78. The number of nitrogens with one attached hydrogen (secondary N) is 2. The molecular formula is C9H12ClN7O. The molecule has 8 nitrogen and oxygen atoms in total. The molecule has 0 bridgehead atoms. The number of aromatic nitrogens is 5. The van der Waals surface area contributed by atoms with Gasteiger partial charge in [0.15, 0.2) is 6.33 Å². The Hall–Kier alpha value is -1.96. The summed E-state index contributed by atoms with van der Waals surface area (Å²) in [6.45, 7) is 3.22. The van der Waals surface area contributed by atoms with E-state index in [-0.39, 0.29) is 5.28 Å². The summed E-state index contributed by atoms with van der Waals surface area (Å²) in [4.78, 5) is 15.9. The Morgan fingerprint density at radius 3 is 2.67 bits per heavy atom. The van der Waals surface area contributed by atoms with Crippen LogP contribution in [0.25, 0.3) is 0 Å². The van der Waals surface area contributed by atoms with Crippen molar-refractivity contribution in [1.82, 2.24) is 25.1 Å². The first kappa shape index (κ1) is 12.5. The third-order valence-electron chi connectivity index (χ3n) is 1.97. The highest BCUT2D eigenvalue weighted by molar-refractivity contribution is 6.28. The zero-order valence-electron chi connectivity index (χ0n) is 9.72. The lowest BCUT2D eigenvalue weighted by Crippen LogP contribution is -2.11. The predicted molar refractivity (Wildman–Crippen MR) is 65.5 cm³/mol. The zero-order chi connectivity index (χ0) is 12.8. The van der Waals surface area contributed by atoms with Crippen LogP contribution in [0.15, 0.2) is 10.9 Å². The van der Waals surface area contributed by atoms with Gasteiger partial charge in [-0.25, -0.2) is 0 Å². The van der Waals surface area contributed by atoms with E-state index in [1.54, 1.807) is 0 Å². The van der Waals surface area contributed by atoms with Crippen LogP contribution in [-0.4, -0.2) is 38.2 Å². The van der Waals surface area contributed by atoms with Crippen molar-refractivity contribution in [2.24, 2.45) is 0 Å². The summed E-state index contributed by atoms with van der Waals surface area (Å²) in [5, 5.41) is 9.63. The van der Waals surface area contributed by atoms with Crippen molar-refractivity contribution in [1.29, 1.82) is 0 Å². The lowest BCUT2D eigenvalue weighted by atomic mass is 10.4. The molecule has 0 aliphatic heterocycles. The molecule has 9 heteroatoms. The monoisotopic (exact) mass is 269 g/mol. The SMILES string of the molecule is CCNc1nc(Cl)nc(NCCc2ncno2)n1. The Morgan fingerprint density at radius 2 is 2.00 bits per heavy atom. The molecule has 0 spiro atoms. The fraction of sp³-hybridized carbons (Fsp3) is 0.444. The van der Waals surface area contributed by atoms with Gasteiger partial charge in [-0.3, -0.25) is 0 Å². The van der Waals surface area contributed by atoms with E-state index in [1.165, 1.54) is 6.33 Å². The molecule has 0 unspecified atom stereocenters. The fourth-order valence-electron chi connectivity index (χ4n) is 1.25. The number of hydrogen-bond donors (Lipinski definition) is 2. The van der Waals surface area contributed by atoms with Crippen LogP contribution in [0, 0.1) is 0 Å². The Labute approximate surface area is 108 Å². The molecule has 0 saturated heterocycles. The van der Waals surface area contributed by atoms with Gasteiger partial charge in [0.2, 0.25) is 23.1 Å². The van der Waals surface area contributed by atoms with Crippen LogP contribution < -0.4 is 10.6 Å². The summed E-state index contributed by atoms with van der Waals surface area (Å²) in [6.07, 6.45) is 1.94. The number of nitrogens with zero attached hydrogens (tertiary/aromatic N) is 5. The standard InChI is InChI=1S/C9H12ClN7O/c1-2-11-8-15-7(10)16-9(17-8)12-4-3-6-13-5-14-18-6/h5H,2-4H2,1H3,(H2,11,12,15,16,17). The molecule has 18 heavy (non-hydrogen) atoms. The van der Waals surface area contributed by atoms with Gasteiger partial charge in [-0.2, -0.15) is 19.9 Å². The minimum Gasteiger partial charge on any atom is -0.354 e. The molecule has 0 aliphatic rings. The second kappa shape index (κ2) is 6.10. The van der Waals surface area contributed by atoms with Gasteiger partial charge in [0, 0.05) is 19.5 Å². The topological polar surface area (TPSA) is 102 Å². The van der Waals surface area contributed by atoms with Crippen molar-refractivity contribution < 1.29 is 4.52 Å². The molecule has 0 amide bonds. The van der Waals surface area contributed by atoms with Crippen LogP contribution in [0.5, 0.6) is 0 Å². The molecule has 96 valence electrons. The van der Waals surface area contributed by atoms with E-state index in [1.807, 2.05) is 6.92 Å². The summed E-state index contributed by atoms with van der Waals surface area (Å²) in [5.41, 5.74) is 0. The molecule has 2 aromatic rings. The number of halogens is 1. The number of hydrogen-bond acceptors (Lipinski definition) is 8. The highest BCUT2D eigenvalue weighted by Gasteiger charge is 2.04. The first-order chi connectivity index (χ1) is 8.78. The third-order valence-corrected chi connectivity index (χ3v) is 2.14. The molecule has 0 atom stereocenters. The summed E-state index contributed by atoms with van der Waals surface area (Å²) in [7, 11) is 0. The van der Waals surface area contributed by atoms with Gasteiger partial charge in [-0.1, -0.05) is 5.16 Å². The minimum absolute atomic E-state index is 0.140. The van der Waals surface area contributed by atoms with Gasteiger partial charge in [0.05, 0.1) is 0 Å². The summed E-state index contributed by atoms with van der Waals surface area (Å²) in [6, 6.07) is 0. The quantitative estimate of drug-likeness (QED) is 0.801. The number of anilines is 2. The second-order valence-corrected chi connectivity index (χ2v) is 3.63. The van der Waals surface area contributed by atoms with Gasteiger partial charge >= 0.3 is 0 Å². The Morgan fingerprint density at radius 1 is 1.22 bits per heavy atom. The van der Waals surface area contributed by atoms with Gasteiger partial charge in [0.1, 0.15) is 0 Å². The largest absolute Gasteiger partial charge is 0.354 e. The Kier molecular flexibility index (Phi) is 4.24. The van der Waals surface area contributed by atoms with E-state index in [0.717, 1.165) is 0 Å².